The van der Waals surface area contributed by atoms with Crippen molar-refractivity contribution < 1.29 is 23.5 Å². The third-order valence-electron chi connectivity index (χ3n) is 3.07. The highest BCUT2D eigenvalue weighted by molar-refractivity contribution is 5.91. The molecular formula is C19H14FNO4. The third kappa shape index (κ3) is 5.01. The normalized spacial score (nSPS) is 10.3. The molecule has 0 fully saturated rings. The Labute approximate surface area is 143 Å². The lowest BCUT2D eigenvalue weighted by Crippen LogP contribution is -2.09. The average molecular weight is 339 g/mol. The van der Waals surface area contributed by atoms with Crippen LogP contribution in [0.2, 0.25) is 0 Å². The van der Waals surface area contributed by atoms with Gasteiger partial charge in [-0.3, -0.25) is 0 Å². The first-order valence-corrected chi connectivity index (χ1v) is 7.43. The standard InChI is InChI=1S/C19H14FNO4/c1-2-3-4-18(22)24-15-8-5-13(6-9-15)19(23)25-16-10-7-14(12-21)17(20)11-16/h3-11H,2H2,1H3/b4-3+. The summed E-state index contributed by atoms with van der Waals surface area (Å²) < 4.78 is 23.6. The first kappa shape index (κ1) is 17.9. The lowest BCUT2D eigenvalue weighted by molar-refractivity contribution is -0.129. The number of nitriles is 1. The second kappa shape index (κ2) is 8.41. The van der Waals surface area contributed by atoms with Gasteiger partial charge in [0.15, 0.2) is 0 Å². The quantitative estimate of drug-likeness (QED) is 0.470. The summed E-state index contributed by atoms with van der Waals surface area (Å²) in [6, 6.07) is 11.0. The van der Waals surface area contributed by atoms with Crippen LogP contribution in [-0.2, 0) is 4.79 Å². The molecule has 0 spiro atoms. The van der Waals surface area contributed by atoms with Gasteiger partial charge in [0, 0.05) is 12.1 Å². The van der Waals surface area contributed by atoms with Crippen molar-refractivity contribution in [1.29, 1.82) is 5.26 Å². The van der Waals surface area contributed by atoms with Gasteiger partial charge in [0.05, 0.1) is 11.1 Å². The summed E-state index contributed by atoms with van der Waals surface area (Å²) in [5.41, 5.74) is 0.0664. The molecule has 0 amide bonds. The maximum absolute atomic E-state index is 13.5. The van der Waals surface area contributed by atoms with E-state index in [1.54, 1.807) is 12.1 Å². The van der Waals surface area contributed by atoms with E-state index in [-0.39, 0.29) is 22.6 Å². The van der Waals surface area contributed by atoms with Gasteiger partial charge in [-0.1, -0.05) is 13.0 Å². The molecule has 0 bridgehead atoms. The Bertz CT molecular complexity index is 851. The highest BCUT2D eigenvalue weighted by Crippen LogP contribution is 2.19. The molecule has 0 aliphatic carbocycles. The molecule has 5 nitrogen and oxygen atoms in total. The van der Waals surface area contributed by atoms with Gasteiger partial charge in [-0.25, -0.2) is 14.0 Å². The Morgan fingerprint density at radius 1 is 1.12 bits per heavy atom. The van der Waals surface area contributed by atoms with Crippen LogP contribution in [0.5, 0.6) is 11.5 Å². The summed E-state index contributed by atoms with van der Waals surface area (Å²) in [7, 11) is 0. The van der Waals surface area contributed by atoms with E-state index in [0.29, 0.717) is 0 Å². The number of rotatable bonds is 5. The van der Waals surface area contributed by atoms with Gasteiger partial charge in [0.2, 0.25) is 0 Å². The van der Waals surface area contributed by atoms with Gasteiger partial charge in [0.1, 0.15) is 23.4 Å². The lowest BCUT2D eigenvalue weighted by Gasteiger charge is -2.06. The Morgan fingerprint density at radius 2 is 1.80 bits per heavy atom. The summed E-state index contributed by atoms with van der Waals surface area (Å²) in [6.07, 6.45) is 3.71. The van der Waals surface area contributed by atoms with Gasteiger partial charge in [-0.2, -0.15) is 5.26 Å². The number of esters is 2. The molecule has 0 aromatic heterocycles. The summed E-state index contributed by atoms with van der Waals surface area (Å²) in [5, 5.41) is 8.67. The molecule has 126 valence electrons. The van der Waals surface area contributed by atoms with Gasteiger partial charge < -0.3 is 9.47 Å². The highest BCUT2D eigenvalue weighted by atomic mass is 19.1. The molecule has 6 heteroatoms. The van der Waals surface area contributed by atoms with Crippen LogP contribution in [-0.4, -0.2) is 11.9 Å². The monoisotopic (exact) mass is 339 g/mol. The largest absolute Gasteiger partial charge is 0.423 e. The van der Waals surface area contributed by atoms with E-state index in [0.717, 1.165) is 12.5 Å². The SMILES string of the molecule is CC/C=C/C(=O)Oc1ccc(C(=O)Oc2ccc(C#N)c(F)c2)cc1. The van der Waals surface area contributed by atoms with Gasteiger partial charge >= 0.3 is 11.9 Å². The summed E-state index contributed by atoms with van der Waals surface area (Å²) >= 11 is 0. The molecule has 2 rings (SSSR count). The van der Waals surface area contributed by atoms with E-state index in [4.69, 9.17) is 14.7 Å². The summed E-state index contributed by atoms with van der Waals surface area (Å²) in [4.78, 5) is 23.5. The predicted octanol–water partition coefficient (Wildman–Crippen LogP) is 3.79. The topological polar surface area (TPSA) is 76.4 Å². The lowest BCUT2D eigenvalue weighted by atomic mass is 10.2. The number of allylic oxidation sites excluding steroid dienone is 1. The number of benzene rings is 2. The van der Waals surface area contributed by atoms with E-state index in [1.807, 2.05) is 6.92 Å². The van der Waals surface area contributed by atoms with Crippen molar-refractivity contribution in [2.75, 3.05) is 0 Å². The molecule has 0 unspecified atom stereocenters. The zero-order chi connectivity index (χ0) is 18.2. The Hall–Kier alpha value is -3.46. The first-order chi connectivity index (χ1) is 12.0. The third-order valence-corrected chi connectivity index (χ3v) is 3.07. The molecule has 0 atom stereocenters. The number of ether oxygens (including phenoxy) is 2. The second-order valence-corrected chi connectivity index (χ2v) is 4.90. The van der Waals surface area contributed by atoms with E-state index < -0.39 is 17.8 Å². The van der Waals surface area contributed by atoms with Crippen LogP contribution in [0, 0.1) is 17.1 Å². The fourth-order valence-corrected chi connectivity index (χ4v) is 1.84. The molecule has 0 N–H and O–H groups in total. The van der Waals surface area contributed by atoms with Crippen LogP contribution >= 0.6 is 0 Å². The van der Waals surface area contributed by atoms with Crippen molar-refractivity contribution in [2.24, 2.45) is 0 Å². The molecule has 0 saturated heterocycles. The Balaban J connectivity index is 2.03. The average Bonchev–Trinajstić information content (AvgIpc) is 2.60. The van der Waals surface area contributed by atoms with Crippen LogP contribution in [0.25, 0.3) is 0 Å². The molecule has 2 aromatic carbocycles. The summed E-state index contributed by atoms with van der Waals surface area (Å²) in [5.74, 6) is -1.71. The fourth-order valence-electron chi connectivity index (χ4n) is 1.84. The zero-order valence-corrected chi connectivity index (χ0v) is 13.4. The van der Waals surface area contributed by atoms with E-state index >= 15 is 0 Å². The molecule has 0 saturated carbocycles. The van der Waals surface area contributed by atoms with Crippen molar-refractivity contribution in [3.05, 3.63) is 71.6 Å². The maximum atomic E-state index is 13.5. The van der Waals surface area contributed by atoms with Crippen LogP contribution < -0.4 is 9.47 Å². The molecule has 0 aliphatic rings. The summed E-state index contributed by atoms with van der Waals surface area (Å²) in [6.45, 7) is 1.89. The molecule has 0 heterocycles. The molecular weight excluding hydrogens is 325 g/mol. The number of hydrogen-bond acceptors (Lipinski definition) is 5. The van der Waals surface area contributed by atoms with Gasteiger partial charge in [-0.15, -0.1) is 0 Å². The van der Waals surface area contributed by atoms with Crippen LogP contribution in [0.15, 0.2) is 54.6 Å². The van der Waals surface area contributed by atoms with Crippen molar-refractivity contribution in [1.82, 2.24) is 0 Å². The number of hydrogen-bond donors (Lipinski definition) is 0. The smallest absolute Gasteiger partial charge is 0.343 e. The minimum atomic E-state index is -0.768. The zero-order valence-electron chi connectivity index (χ0n) is 13.4. The van der Waals surface area contributed by atoms with Crippen molar-refractivity contribution >= 4 is 11.9 Å². The van der Waals surface area contributed by atoms with E-state index in [2.05, 4.69) is 0 Å². The van der Waals surface area contributed by atoms with E-state index in [1.165, 1.54) is 42.5 Å². The molecule has 0 radical (unpaired) electrons. The number of carbonyl (C=O) groups excluding carboxylic acids is 2. The van der Waals surface area contributed by atoms with Crippen molar-refractivity contribution in [2.45, 2.75) is 13.3 Å². The number of carbonyl (C=O) groups is 2. The number of halogens is 1. The Kier molecular flexibility index (Phi) is 6.02. The van der Waals surface area contributed by atoms with Crippen LogP contribution in [0.1, 0.15) is 29.3 Å². The van der Waals surface area contributed by atoms with Gasteiger partial charge in [0.25, 0.3) is 0 Å². The van der Waals surface area contributed by atoms with Crippen molar-refractivity contribution in [3.63, 3.8) is 0 Å². The highest BCUT2D eigenvalue weighted by Gasteiger charge is 2.11. The molecule has 2 aromatic rings. The minimum absolute atomic E-state index is 0.0123. The Morgan fingerprint density at radius 3 is 2.40 bits per heavy atom. The fraction of sp³-hybridized carbons (Fsp3) is 0.105. The van der Waals surface area contributed by atoms with Gasteiger partial charge in [-0.05, 0) is 42.8 Å². The molecule has 0 aliphatic heterocycles. The van der Waals surface area contributed by atoms with E-state index in [9.17, 15) is 14.0 Å². The second-order valence-electron chi connectivity index (χ2n) is 4.90. The van der Waals surface area contributed by atoms with Crippen LogP contribution in [0.4, 0.5) is 4.39 Å². The first-order valence-electron chi connectivity index (χ1n) is 7.43. The predicted molar refractivity (Wildman–Crippen MR) is 87.6 cm³/mol. The minimum Gasteiger partial charge on any atom is -0.423 e. The molecule has 25 heavy (non-hydrogen) atoms. The van der Waals surface area contributed by atoms with Crippen LogP contribution in [0.3, 0.4) is 0 Å². The number of nitrogens with zero attached hydrogens (tertiary/aromatic N) is 1. The maximum Gasteiger partial charge on any atom is 0.343 e. The van der Waals surface area contributed by atoms with Crippen molar-refractivity contribution in [3.8, 4) is 17.6 Å².